The largest absolute Gasteiger partial charge is 0.481 e. The van der Waals surface area contributed by atoms with Crippen LogP contribution in [0.25, 0.3) is 0 Å². The third-order valence-corrected chi connectivity index (χ3v) is 39.2. The summed E-state index contributed by atoms with van der Waals surface area (Å²) in [5.41, 5.74) is 18.4. The van der Waals surface area contributed by atoms with Crippen molar-refractivity contribution < 1.29 is 67.3 Å². The SMILES string of the molecule is CC1=C2C[C@H]3[C@@H](CC[C@@H]4C[C@H](O)CC[C@@]43C)[C@@H]2CC[C@@]2(C1)O[C@@H]1C[C@H](C)CN(C(=O)OCc3ccccc3)[C@H]1[C@H]2C.CC1=C2C[C@H]3[C@@H](CC[C@@H]4C[C@H](OC(=O)CN)CC[C@@]43C)[C@@H]2CC[C@@]2(C1)O[C@@H]1C[C@H](C)CN[C@H]1[C@H]2C.CCC(=O)O.CCC(=O)O[C@@H]1CC[C@@]2(C)[C@H](CC[C@H]3[C@@H]4CC[C@@]5(CC(C)=C4C[C@@H]32)O[C@@H]2C[C@H](C)CN(C(=O)OCc3ccccc3)[C@H]2[C@H]5C)C1. The number of carboxylic acids is 1. The van der Waals surface area contributed by atoms with Crippen molar-refractivity contribution in [2.24, 2.45) is 129 Å². The number of aliphatic hydroxyl groups excluding tert-OH is 1. The Morgan fingerprint density at radius 1 is 0.468 bits per heavy atom. The lowest BCUT2D eigenvalue weighted by molar-refractivity contribution is -0.156. The van der Waals surface area contributed by atoms with E-state index in [0.29, 0.717) is 101 Å². The van der Waals surface area contributed by atoms with E-state index >= 15 is 0 Å². The summed E-state index contributed by atoms with van der Waals surface area (Å²) < 4.78 is 44.7. The van der Waals surface area contributed by atoms with Crippen LogP contribution in [0.1, 0.15) is 314 Å². The highest BCUT2D eigenvalue weighted by molar-refractivity contribution is 5.72. The van der Waals surface area contributed by atoms with Gasteiger partial charge in [-0.05, 0) is 336 Å². The predicted molar refractivity (Wildman–Crippen MR) is 490 cm³/mol. The van der Waals surface area contributed by atoms with E-state index in [1.54, 1.807) is 34.8 Å². The molecule has 0 unspecified atom stereocenters. The van der Waals surface area contributed by atoms with Crippen molar-refractivity contribution in [3.05, 3.63) is 105 Å². The van der Waals surface area contributed by atoms with E-state index < -0.39 is 5.97 Å². The second-order valence-corrected chi connectivity index (χ2v) is 46.0. The van der Waals surface area contributed by atoms with E-state index in [0.717, 1.165) is 156 Å². The third kappa shape index (κ3) is 17.4. The molecule has 6 heterocycles. The number of nitrogens with one attached hydrogen (secondary N) is 1. The van der Waals surface area contributed by atoms with E-state index in [2.05, 4.69) is 88.4 Å². The number of carboxylic acid groups (broad SMARTS) is 1. The lowest BCUT2D eigenvalue weighted by Crippen LogP contribution is -2.54. The van der Waals surface area contributed by atoms with Gasteiger partial charge in [-0.1, -0.05) is 170 Å². The van der Waals surface area contributed by atoms with E-state index in [9.17, 15) is 29.1 Å². The van der Waals surface area contributed by atoms with Gasteiger partial charge in [-0.2, -0.15) is 0 Å². The molecule has 2 amide bonds. The van der Waals surface area contributed by atoms with Crippen LogP contribution in [0.4, 0.5) is 9.59 Å². The van der Waals surface area contributed by atoms with E-state index in [1.807, 2.05) is 83.0 Å². The Morgan fingerprint density at radius 3 is 1.25 bits per heavy atom. The van der Waals surface area contributed by atoms with E-state index in [1.165, 1.54) is 109 Å². The molecule has 3 spiro atoms. The van der Waals surface area contributed by atoms with Crippen molar-refractivity contribution in [1.82, 2.24) is 15.1 Å². The molecule has 2 aromatic carbocycles. The van der Waals surface area contributed by atoms with Gasteiger partial charge in [0.2, 0.25) is 0 Å². The van der Waals surface area contributed by atoms with Gasteiger partial charge in [-0.25, -0.2) is 9.59 Å². The second kappa shape index (κ2) is 37.1. The normalized spacial score (nSPS) is 44.5. The molecule has 20 rings (SSSR count). The number of nitrogens with two attached hydrogens (primary N) is 1. The number of amides is 2. The number of esters is 2. The topological polar surface area (TPSA) is 235 Å². The molecule has 696 valence electrons. The first-order chi connectivity index (χ1) is 60.3. The molecule has 33 atom stereocenters. The zero-order chi connectivity index (χ0) is 88.8. The molecule has 18 aliphatic rings. The molecule has 15 fully saturated rings. The molecule has 0 aromatic heterocycles. The minimum Gasteiger partial charge on any atom is -0.481 e. The number of carbonyl (C=O) groups is 5. The Balaban J connectivity index is 0.000000131. The number of hydrogen-bond acceptors (Lipinski definition) is 15. The van der Waals surface area contributed by atoms with Crippen molar-refractivity contribution in [3.63, 3.8) is 0 Å². The number of aliphatic carboxylic acids is 1. The van der Waals surface area contributed by atoms with Crippen LogP contribution in [0.5, 0.6) is 0 Å². The lowest BCUT2D eigenvalue weighted by Gasteiger charge is -2.54. The first kappa shape index (κ1) is 92.2. The molecule has 126 heavy (non-hydrogen) atoms. The number of ether oxygens (including phenoxy) is 7. The summed E-state index contributed by atoms with van der Waals surface area (Å²) in [7, 11) is 0. The van der Waals surface area contributed by atoms with Crippen molar-refractivity contribution in [1.29, 1.82) is 0 Å². The average Bonchev–Trinajstić information content (AvgIpc) is 1.56. The lowest BCUT2D eigenvalue weighted by atomic mass is 9.52. The van der Waals surface area contributed by atoms with Crippen LogP contribution in [0.2, 0.25) is 0 Å². The average molecular weight is 1740 g/mol. The molecule has 18 heteroatoms. The maximum Gasteiger partial charge on any atom is 0.410 e. The number of hydrogen-bond donors (Lipinski definition) is 4. The number of likely N-dealkylation sites (tertiary alicyclic amines) is 2. The highest BCUT2D eigenvalue weighted by Gasteiger charge is 2.66. The highest BCUT2D eigenvalue weighted by Crippen LogP contribution is 2.70. The second-order valence-electron chi connectivity index (χ2n) is 46.0. The van der Waals surface area contributed by atoms with E-state index in [-0.39, 0.29) is 108 Å². The zero-order valence-electron chi connectivity index (χ0n) is 79.5. The molecule has 9 saturated carbocycles. The van der Waals surface area contributed by atoms with Crippen molar-refractivity contribution in [3.8, 4) is 0 Å². The molecule has 2 aromatic rings. The van der Waals surface area contributed by atoms with Crippen LogP contribution in [-0.4, -0.2) is 148 Å². The van der Waals surface area contributed by atoms with Gasteiger partial charge in [-0.3, -0.25) is 14.4 Å². The van der Waals surface area contributed by atoms with Crippen molar-refractivity contribution in [2.75, 3.05) is 26.2 Å². The Labute approximate surface area is 755 Å². The van der Waals surface area contributed by atoms with Gasteiger partial charge >= 0.3 is 30.1 Å². The quantitative estimate of drug-likeness (QED) is 0.104. The Kier molecular flexibility index (Phi) is 27.1. The summed E-state index contributed by atoms with van der Waals surface area (Å²) in [6.07, 6.45) is 35.8. The number of allylic oxidation sites excluding steroid dienone is 3. The standard InChI is InChI=1S/C39H55NO5.C36H51NO4.C30H48N2O3.C3H6O2/c1-6-35(41)44-29-14-16-38(5)28(19-29)12-13-31-30-15-17-39(21-25(3)32(30)20-33(31)38)26(4)36-34(45-39)18-24(2)22-40(36)37(42)43-23-27-10-8-7-9-11-27;1-22-16-32-33(37(20-22)34(39)40-21-25-8-6-5-7-9-25)24(3)36(41-32)15-13-28-29-11-10-26-17-27(38)12-14-35(26,4)31(29)18-30(28)23(2)19-36;1-17-11-26-28(32-16-17)19(3)30(35-26)10-8-22-23-6-5-20-12-21(34-27(33)15-31)7-9-29(20,4)25(23)13-24(22)18(2)14-30;1-2-3(4)5/h7-11,24,26,28-31,33-34,36H,6,12-23H2,1-5H3;5-9,22,24,26-29,31-33,38H,10-21H2,1-4H3;17,19-23,25-26,28,32H,5-16,31H2,1-4H3;2H2,1H3,(H,4,5)/t24-,26+,28+,29+,30-,31-,33-,34+,36-,38-,39-;22-,24+,26+,27+,28-,29-,31-,32+,33-,35-,36-;17-,19+,20+,21+,22-,23-,25-,26+,28-,29-,30-;/m000./s1. The molecule has 0 bridgehead atoms. The fourth-order valence-electron chi connectivity index (χ4n) is 32.6. The van der Waals surface area contributed by atoms with Gasteiger partial charge < -0.3 is 64.2 Å². The summed E-state index contributed by atoms with van der Waals surface area (Å²) in [5, 5.41) is 22.0. The fraction of sp³-hybridized carbons (Fsp3) is 0.787. The van der Waals surface area contributed by atoms with Gasteiger partial charge in [0.1, 0.15) is 25.4 Å². The fourth-order valence-corrected chi connectivity index (χ4v) is 32.6. The Bertz CT molecular complexity index is 4340. The Morgan fingerprint density at radius 2 is 0.849 bits per heavy atom. The minimum absolute atomic E-state index is 0.00134. The molecular weight excluding hydrogens is 1580 g/mol. The number of rotatable bonds is 9. The van der Waals surface area contributed by atoms with Crippen LogP contribution in [-0.2, 0) is 60.8 Å². The first-order valence-corrected chi connectivity index (χ1v) is 51.1. The van der Waals surface area contributed by atoms with Gasteiger partial charge in [0.15, 0.2) is 0 Å². The number of benzene rings is 2. The van der Waals surface area contributed by atoms with Crippen LogP contribution in [0, 0.1) is 123 Å². The van der Waals surface area contributed by atoms with Crippen molar-refractivity contribution in [2.45, 2.75) is 387 Å². The molecule has 12 aliphatic carbocycles. The summed E-state index contributed by atoms with van der Waals surface area (Å²) in [5.74, 6) is 10.4. The van der Waals surface area contributed by atoms with Crippen LogP contribution in [0.15, 0.2) is 94.1 Å². The maximum absolute atomic E-state index is 13.6. The number of carbonyl (C=O) groups excluding carboxylic acids is 4. The summed E-state index contributed by atoms with van der Waals surface area (Å²) in [6.45, 7) is 35.8. The predicted octanol–water partition coefficient (Wildman–Crippen LogP) is 21.5. The van der Waals surface area contributed by atoms with Crippen molar-refractivity contribution >= 4 is 30.1 Å². The number of aliphatic hydroxyl groups is 1. The molecule has 6 saturated heterocycles. The van der Waals surface area contributed by atoms with Gasteiger partial charge in [0, 0.05) is 49.7 Å². The molecule has 6 aliphatic heterocycles. The first-order valence-electron chi connectivity index (χ1n) is 51.1. The van der Waals surface area contributed by atoms with Crippen LogP contribution < -0.4 is 11.1 Å². The number of fused-ring (bicyclic) bond motifs is 18. The van der Waals surface area contributed by atoms with Gasteiger partial charge in [0.05, 0.1) is 59.8 Å². The van der Waals surface area contributed by atoms with Crippen LogP contribution >= 0.6 is 0 Å². The third-order valence-electron chi connectivity index (χ3n) is 39.2. The molecule has 5 N–H and O–H groups in total. The van der Waals surface area contributed by atoms with Gasteiger partial charge in [-0.15, -0.1) is 0 Å². The molecule has 18 nitrogen and oxygen atoms in total. The summed E-state index contributed by atoms with van der Waals surface area (Å²) in [4.78, 5) is 64.4. The Hall–Kier alpha value is -5.63. The summed E-state index contributed by atoms with van der Waals surface area (Å²) >= 11 is 0. The molecular formula is C108H160N4O14. The van der Waals surface area contributed by atoms with Gasteiger partial charge in [0.25, 0.3) is 0 Å². The highest BCUT2D eigenvalue weighted by atomic mass is 16.6. The zero-order valence-corrected chi connectivity index (χ0v) is 79.5. The minimum atomic E-state index is -0.745. The monoisotopic (exact) mass is 1740 g/mol. The number of piperidine rings is 3. The molecule has 0 radical (unpaired) electrons. The number of nitrogens with zero attached hydrogens (tertiary/aromatic N) is 2. The maximum atomic E-state index is 13.6. The smallest absolute Gasteiger partial charge is 0.410 e. The summed E-state index contributed by atoms with van der Waals surface area (Å²) in [6, 6.07) is 20.7. The van der Waals surface area contributed by atoms with Crippen LogP contribution in [0.3, 0.4) is 0 Å². The van der Waals surface area contributed by atoms with E-state index in [4.69, 9.17) is 44.0 Å².